The molecule has 3 rings (SSSR count). The van der Waals surface area contributed by atoms with E-state index in [-0.39, 0.29) is 0 Å². The van der Waals surface area contributed by atoms with Crippen LogP contribution in [0.15, 0.2) is 18.2 Å². The number of rotatable bonds is 1. The van der Waals surface area contributed by atoms with Gasteiger partial charge in [-0.25, -0.2) is 0 Å². The molecular weight excluding hydrogens is 268 g/mol. The number of nitrogens with one attached hydrogen (secondary N) is 1. The van der Waals surface area contributed by atoms with Gasteiger partial charge in [0.15, 0.2) is 0 Å². The normalized spacial score (nSPS) is 25.9. The maximum absolute atomic E-state index is 6.49. The van der Waals surface area contributed by atoms with Crippen LogP contribution in [0, 0.1) is 6.92 Å². The molecule has 1 spiro atoms. The molecule has 1 atom stereocenters. The predicted molar refractivity (Wildman–Crippen MR) is 86.8 cm³/mol. The van der Waals surface area contributed by atoms with E-state index in [1.165, 1.54) is 43.4 Å². The summed E-state index contributed by atoms with van der Waals surface area (Å²) in [5.41, 5.74) is 2.85. The Morgan fingerprint density at radius 2 is 2.00 bits per heavy atom. The highest BCUT2D eigenvalue weighted by Gasteiger charge is 2.39. The van der Waals surface area contributed by atoms with Gasteiger partial charge in [-0.1, -0.05) is 43.0 Å². The van der Waals surface area contributed by atoms with Gasteiger partial charge in [0.1, 0.15) is 0 Å². The van der Waals surface area contributed by atoms with Crippen LogP contribution in [0.1, 0.15) is 44.6 Å². The lowest BCUT2D eigenvalue weighted by molar-refractivity contribution is 0.200. The maximum atomic E-state index is 6.49. The monoisotopic (exact) mass is 292 g/mol. The number of anilines is 1. The third-order valence-electron chi connectivity index (χ3n) is 5.06. The summed E-state index contributed by atoms with van der Waals surface area (Å²) in [5, 5.41) is 4.73. The van der Waals surface area contributed by atoms with Gasteiger partial charge in [-0.2, -0.15) is 0 Å². The molecule has 1 aromatic rings. The smallest absolute Gasteiger partial charge is 0.0642 e. The first kappa shape index (κ1) is 14.2. The molecule has 1 saturated heterocycles. The largest absolute Gasteiger partial charge is 0.364 e. The molecule has 2 aliphatic rings. The molecule has 1 heterocycles. The van der Waals surface area contributed by atoms with Crippen LogP contribution in [0.2, 0.25) is 5.02 Å². The highest BCUT2D eigenvalue weighted by Crippen LogP contribution is 2.37. The van der Waals surface area contributed by atoms with Gasteiger partial charge < -0.3 is 10.2 Å². The summed E-state index contributed by atoms with van der Waals surface area (Å²) in [5.74, 6) is 0. The zero-order valence-electron chi connectivity index (χ0n) is 12.6. The molecular formula is C17H25ClN2. The summed E-state index contributed by atoms with van der Waals surface area (Å²) in [6.07, 6.45) is 6.72. The number of benzene rings is 1. The predicted octanol–water partition coefficient (Wildman–Crippen LogP) is 4.15. The fourth-order valence-corrected chi connectivity index (χ4v) is 4.19. The highest BCUT2D eigenvalue weighted by atomic mass is 35.5. The number of para-hydroxylation sites is 1. The Labute approximate surface area is 127 Å². The van der Waals surface area contributed by atoms with Crippen LogP contribution in [0.3, 0.4) is 0 Å². The molecule has 110 valence electrons. The van der Waals surface area contributed by atoms with Crippen LogP contribution in [0.5, 0.6) is 0 Å². The summed E-state index contributed by atoms with van der Waals surface area (Å²) in [6, 6.07) is 6.74. The summed E-state index contributed by atoms with van der Waals surface area (Å²) in [6.45, 7) is 6.62. The fourth-order valence-electron chi connectivity index (χ4n) is 3.86. The Kier molecular flexibility index (Phi) is 3.96. The lowest BCUT2D eigenvalue weighted by Crippen LogP contribution is -2.64. The summed E-state index contributed by atoms with van der Waals surface area (Å²) in [4.78, 5) is 2.54. The van der Waals surface area contributed by atoms with Crippen molar-refractivity contribution in [3.05, 3.63) is 28.8 Å². The lowest BCUT2D eigenvalue weighted by Gasteiger charge is -2.50. The van der Waals surface area contributed by atoms with Gasteiger partial charge in [0.2, 0.25) is 0 Å². The Balaban J connectivity index is 1.91. The fraction of sp³-hybridized carbons (Fsp3) is 0.647. The topological polar surface area (TPSA) is 15.3 Å². The molecule has 1 aromatic carbocycles. The second-order valence-corrected chi connectivity index (χ2v) is 7.01. The van der Waals surface area contributed by atoms with E-state index in [9.17, 15) is 0 Å². The van der Waals surface area contributed by atoms with E-state index in [0.29, 0.717) is 11.6 Å². The third kappa shape index (κ3) is 2.56. The minimum atomic E-state index is 0.316. The molecule has 1 aliphatic carbocycles. The summed E-state index contributed by atoms with van der Waals surface area (Å²) < 4.78 is 0. The Morgan fingerprint density at radius 1 is 1.25 bits per heavy atom. The minimum Gasteiger partial charge on any atom is -0.364 e. The Morgan fingerprint density at radius 3 is 2.70 bits per heavy atom. The molecule has 2 nitrogen and oxygen atoms in total. The average Bonchev–Trinajstić information content (AvgIpc) is 2.44. The van der Waals surface area contributed by atoms with E-state index in [4.69, 9.17) is 11.6 Å². The number of hydrogen-bond acceptors (Lipinski definition) is 2. The second kappa shape index (κ2) is 5.57. The van der Waals surface area contributed by atoms with Crippen molar-refractivity contribution in [1.82, 2.24) is 5.32 Å². The van der Waals surface area contributed by atoms with E-state index in [1.807, 2.05) is 12.1 Å². The third-order valence-corrected chi connectivity index (χ3v) is 5.37. The molecule has 0 bridgehead atoms. The van der Waals surface area contributed by atoms with Crippen LogP contribution in [0.4, 0.5) is 5.69 Å². The van der Waals surface area contributed by atoms with Gasteiger partial charge in [-0.05, 0) is 38.3 Å². The SMILES string of the molecule is Cc1cccc(Cl)c1N1CC2(CCCCC2)NCC1C. The van der Waals surface area contributed by atoms with E-state index >= 15 is 0 Å². The zero-order chi connectivity index (χ0) is 14.2. The van der Waals surface area contributed by atoms with E-state index < -0.39 is 0 Å². The van der Waals surface area contributed by atoms with Gasteiger partial charge in [-0.3, -0.25) is 0 Å². The molecule has 1 unspecified atom stereocenters. The van der Waals surface area contributed by atoms with Crippen molar-refractivity contribution in [3.63, 3.8) is 0 Å². The van der Waals surface area contributed by atoms with Crippen molar-refractivity contribution in [3.8, 4) is 0 Å². The number of halogens is 1. The number of nitrogens with zero attached hydrogens (tertiary/aromatic N) is 1. The highest BCUT2D eigenvalue weighted by molar-refractivity contribution is 6.33. The number of hydrogen-bond donors (Lipinski definition) is 1. The standard InChI is InChI=1S/C17H25ClN2/c1-13-7-6-8-15(18)16(13)20-12-17(19-11-14(20)2)9-4-3-5-10-17/h6-8,14,19H,3-5,9-12H2,1-2H3. The number of piperazine rings is 1. The zero-order valence-corrected chi connectivity index (χ0v) is 13.3. The van der Waals surface area contributed by atoms with Crippen LogP contribution >= 0.6 is 11.6 Å². The van der Waals surface area contributed by atoms with Gasteiger partial charge in [0.25, 0.3) is 0 Å². The van der Waals surface area contributed by atoms with E-state index in [0.717, 1.165) is 18.1 Å². The molecule has 1 saturated carbocycles. The lowest BCUT2D eigenvalue weighted by atomic mass is 9.79. The van der Waals surface area contributed by atoms with Crippen LogP contribution in [0.25, 0.3) is 0 Å². The quantitative estimate of drug-likeness (QED) is 0.836. The van der Waals surface area contributed by atoms with Gasteiger partial charge in [0, 0.05) is 24.7 Å². The van der Waals surface area contributed by atoms with Crippen molar-refractivity contribution < 1.29 is 0 Å². The minimum absolute atomic E-state index is 0.316. The van der Waals surface area contributed by atoms with Crippen molar-refractivity contribution in [1.29, 1.82) is 0 Å². The molecule has 20 heavy (non-hydrogen) atoms. The molecule has 1 aliphatic heterocycles. The molecule has 0 amide bonds. The summed E-state index contributed by atoms with van der Waals surface area (Å²) >= 11 is 6.49. The van der Waals surface area contributed by atoms with E-state index in [1.54, 1.807) is 0 Å². The number of aryl methyl sites for hydroxylation is 1. The van der Waals surface area contributed by atoms with Crippen molar-refractivity contribution in [2.75, 3.05) is 18.0 Å². The molecule has 3 heteroatoms. The van der Waals surface area contributed by atoms with Crippen LogP contribution in [-0.4, -0.2) is 24.7 Å². The molecule has 1 N–H and O–H groups in total. The van der Waals surface area contributed by atoms with Crippen molar-refractivity contribution in [2.24, 2.45) is 0 Å². The Hall–Kier alpha value is -0.730. The molecule has 0 aromatic heterocycles. The Bertz CT molecular complexity index is 460. The van der Waals surface area contributed by atoms with E-state index in [2.05, 4.69) is 30.1 Å². The first-order valence-corrected chi connectivity index (χ1v) is 8.26. The summed E-state index contributed by atoms with van der Waals surface area (Å²) in [7, 11) is 0. The van der Waals surface area contributed by atoms with Gasteiger partial charge >= 0.3 is 0 Å². The van der Waals surface area contributed by atoms with Crippen LogP contribution in [-0.2, 0) is 0 Å². The second-order valence-electron chi connectivity index (χ2n) is 6.60. The van der Waals surface area contributed by atoms with Crippen LogP contribution < -0.4 is 10.2 Å². The molecule has 2 fully saturated rings. The average molecular weight is 293 g/mol. The van der Waals surface area contributed by atoms with Gasteiger partial charge in [0.05, 0.1) is 10.7 Å². The maximum Gasteiger partial charge on any atom is 0.0642 e. The molecule has 0 radical (unpaired) electrons. The van der Waals surface area contributed by atoms with Crippen molar-refractivity contribution in [2.45, 2.75) is 57.5 Å². The van der Waals surface area contributed by atoms with Crippen molar-refractivity contribution >= 4 is 17.3 Å². The first-order chi connectivity index (χ1) is 9.61. The van der Waals surface area contributed by atoms with Gasteiger partial charge in [-0.15, -0.1) is 0 Å². The first-order valence-electron chi connectivity index (χ1n) is 7.88.